The van der Waals surface area contributed by atoms with E-state index in [1.807, 2.05) is 6.92 Å². The molecule has 0 heterocycles. The van der Waals surface area contributed by atoms with Crippen LogP contribution in [0.3, 0.4) is 0 Å². The summed E-state index contributed by atoms with van der Waals surface area (Å²) in [5.41, 5.74) is 1.28. The summed E-state index contributed by atoms with van der Waals surface area (Å²) in [5.74, 6) is -0.189. The van der Waals surface area contributed by atoms with E-state index in [1.165, 1.54) is 18.2 Å². The van der Waals surface area contributed by atoms with Crippen molar-refractivity contribution >= 4 is 11.6 Å². The molecular weight excluding hydrogens is 293 g/mol. The lowest BCUT2D eigenvalue weighted by molar-refractivity contribution is 0.135. The van der Waals surface area contributed by atoms with Crippen LogP contribution in [0.25, 0.3) is 0 Å². The Morgan fingerprint density at radius 3 is 2.52 bits per heavy atom. The monoisotopic (exact) mass is 309 g/mol. The zero-order valence-corrected chi connectivity index (χ0v) is 12.3. The van der Waals surface area contributed by atoms with E-state index in [1.54, 1.807) is 24.3 Å². The van der Waals surface area contributed by atoms with Crippen molar-refractivity contribution in [3.63, 3.8) is 0 Å². The minimum atomic E-state index is -0.771. The highest BCUT2D eigenvalue weighted by atomic mass is 35.5. The Balaban J connectivity index is 1.99. The van der Waals surface area contributed by atoms with Crippen LogP contribution in [0, 0.1) is 5.82 Å². The molecule has 3 nitrogen and oxygen atoms in total. The molecule has 2 aromatic carbocycles. The summed E-state index contributed by atoms with van der Waals surface area (Å²) in [6.45, 7) is 2.18. The Bertz CT molecular complexity index is 604. The van der Waals surface area contributed by atoms with Crippen LogP contribution in [0.2, 0.25) is 5.02 Å². The van der Waals surface area contributed by atoms with Gasteiger partial charge in [0, 0.05) is 23.2 Å². The van der Waals surface area contributed by atoms with Gasteiger partial charge in [-0.3, -0.25) is 0 Å². The summed E-state index contributed by atoms with van der Waals surface area (Å²) in [6, 6.07) is 10.3. The minimum absolute atomic E-state index is 0.148. The number of benzene rings is 2. The Kier molecular flexibility index (Phi) is 5.17. The molecule has 112 valence electrons. The summed E-state index contributed by atoms with van der Waals surface area (Å²) in [4.78, 5) is 0. The van der Waals surface area contributed by atoms with Crippen LogP contribution in [-0.4, -0.2) is 16.3 Å². The van der Waals surface area contributed by atoms with E-state index >= 15 is 0 Å². The molecule has 2 atom stereocenters. The number of rotatable bonds is 5. The third-order valence-electron chi connectivity index (χ3n) is 3.34. The lowest BCUT2D eigenvalue weighted by Gasteiger charge is -2.21. The third kappa shape index (κ3) is 4.17. The van der Waals surface area contributed by atoms with Crippen molar-refractivity contribution in [2.75, 3.05) is 0 Å². The minimum Gasteiger partial charge on any atom is -0.508 e. The highest BCUT2D eigenvalue weighted by molar-refractivity contribution is 6.30. The second-order valence-corrected chi connectivity index (χ2v) is 5.38. The number of phenols is 1. The summed E-state index contributed by atoms with van der Waals surface area (Å²) in [7, 11) is 0. The van der Waals surface area contributed by atoms with Gasteiger partial charge >= 0.3 is 0 Å². The van der Waals surface area contributed by atoms with Gasteiger partial charge in [-0.25, -0.2) is 4.39 Å². The van der Waals surface area contributed by atoms with E-state index in [0.29, 0.717) is 22.7 Å². The fourth-order valence-electron chi connectivity index (χ4n) is 2.03. The van der Waals surface area contributed by atoms with Crippen molar-refractivity contribution in [3.05, 3.63) is 64.4 Å². The molecule has 0 saturated heterocycles. The Morgan fingerprint density at radius 1 is 1.19 bits per heavy atom. The smallest absolute Gasteiger partial charge is 0.123 e. The highest BCUT2D eigenvalue weighted by Gasteiger charge is 2.16. The summed E-state index contributed by atoms with van der Waals surface area (Å²) >= 11 is 5.88. The number of hydrogen-bond acceptors (Lipinski definition) is 3. The van der Waals surface area contributed by atoms with E-state index < -0.39 is 6.10 Å². The molecule has 0 bridgehead atoms. The van der Waals surface area contributed by atoms with E-state index in [2.05, 4.69) is 5.32 Å². The van der Waals surface area contributed by atoms with Gasteiger partial charge in [0.15, 0.2) is 0 Å². The summed E-state index contributed by atoms with van der Waals surface area (Å²) < 4.78 is 12.9. The van der Waals surface area contributed by atoms with Crippen LogP contribution in [0.4, 0.5) is 4.39 Å². The fourth-order valence-corrected chi connectivity index (χ4v) is 2.22. The first-order valence-electron chi connectivity index (χ1n) is 6.61. The molecule has 0 fully saturated rings. The second kappa shape index (κ2) is 6.89. The normalized spacial score (nSPS) is 13.9. The van der Waals surface area contributed by atoms with Gasteiger partial charge in [-0.2, -0.15) is 0 Å². The molecule has 2 aromatic rings. The molecule has 0 aliphatic rings. The number of aliphatic hydroxyl groups excluding tert-OH is 1. The predicted molar refractivity (Wildman–Crippen MR) is 80.8 cm³/mol. The number of aromatic hydroxyl groups is 1. The van der Waals surface area contributed by atoms with E-state index in [-0.39, 0.29) is 17.6 Å². The van der Waals surface area contributed by atoms with E-state index in [9.17, 15) is 14.6 Å². The van der Waals surface area contributed by atoms with Gasteiger partial charge in [-0.15, -0.1) is 0 Å². The molecule has 0 radical (unpaired) electrons. The average Bonchev–Trinajstić information content (AvgIpc) is 2.48. The molecule has 0 saturated carbocycles. The first kappa shape index (κ1) is 15.8. The maximum atomic E-state index is 12.9. The van der Waals surface area contributed by atoms with Crippen LogP contribution in [-0.2, 0) is 6.54 Å². The Labute approximate surface area is 128 Å². The zero-order valence-electron chi connectivity index (χ0n) is 11.6. The fraction of sp³-hybridized carbons (Fsp3) is 0.250. The average molecular weight is 310 g/mol. The molecule has 0 spiro atoms. The van der Waals surface area contributed by atoms with Crippen LogP contribution < -0.4 is 5.32 Å². The molecule has 5 heteroatoms. The van der Waals surface area contributed by atoms with Crippen molar-refractivity contribution in [1.29, 1.82) is 0 Å². The summed E-state index contributed by atoms with van der Waals surface area (Å²) in [6.07, 6.45) is -0.771. The lowest BCUT2D eigenvalue weighted by atomic mass is 10.0. The maximum absolute atomic E-state index is 12.9. The number of phenolic OH excluding ortho intramolecular Hbond substituents is 1. The molecule has 3 N–H and O–H groups in total. The van der Waals surface area contributed by atoms with Crippen molar-refractivity contribution in [2.45, 2.75) is 25.6 Å². The molecule has 21 heavy (non-hydrogen) atoms. The number of halogens is 2. The first-order chi connectivity index (χ1) is 9.97. The molecule has 2 rings (SSSR count). The van der Waals surface area contributed by atoms with Crippen molar-refractivity contribution in [1.82, 2.24) is 5.32 Å². The topological polar surface area (TPSA) is 52.5 Å². The molecule has 0 aromatic heterocycles. The number of aliphatic hydroxyl groups is 1. The van der Waals surface area contributed by atoms with Crippen LogP contribution in [0.15, 0.2) is 42.5 Å². The van der Waals surface area contributed by atoms with Gasteiger partial charge in [0.2, 0.25) is 0 Å². The zero-order chi connectivity index (χ0) is 15.4. The van der Waals surface area contributed by atoms with Crippen molar-refractivity contribution in [3.8, 4) is 5.75 Å². The predicted octanol–water partition coefficient (Wildman–Crippen LogP) is 3.40. The van der Waals surface area contributed by atoms with Gasteiger partial charge < -0.3 is 15.5 Å². The molecule has 0 aliphatic heterocycles. The second-order valence-electron chi connectivity index (χ2n) is 4.94. The molecular formula is C16H17ClFNO2. The lowest BCUT2D eigenvalue weighted by Crippen LogP contribution is -2.31. The largest absolute Gasteiger partial charge is 0.508 e. The van der Waals surface area contributed by atoms with Crippen molar-refractivity contribution in [2.24, 2.45) is 0 Å². The maximum Gasteiger partial charge on any atom is 0.123 e. The summed E-state index contributed by atoms with van der Waals surface area (Å²) in [5, 5.41) is 23.6. The van der Waals surface area contributed by atoms with Gasteiger partial charge in [-0.05, 0) is 42.8 Å². The molecule has 0 amide bonds. The first-order valence-corrected chi connectivity index (χ1v) is 6.99. The number of nitrogens with one attached hydrogen (secondary N) is 1. The van der Waals surface area contributed by atoms with Crippen LogP contribution in [0.5, 0.6) is 5.75 Å². The van der Waals surface area contributed by atoms with Crippen molar-refractivity contribution < 1.29 is 14.6 Å². The third-order valence-corrected chi connectivity index (χ3v) is 3.58. The van der Waals surface area contributed by atoms with Crippen LogP contribution in [0.1, 0.15) is 24.2 Å². The SMILES string of the molecule is CC(NCc1cc(Cl)ccc1O)C(O)c1ccc(F)cc1. The molecule has 2 unspecified atom stereocenters. The highest BCUT2D eigenvalue weighted by Crippen LogP contribution is 2.22. The van der Waals surface area contributed by atoms with Crippen LogP contribution >= 0.6 is 11.6 Å². The van der Waals surface area contributed by atoms with Gasteiger partial charge in [0.25, 0.3) is 0 Å². The van der Waals surface area contributed by atoms with Gasteiger partial charge in [0.1, 0.15) is 11.6 Å². The Morgan fingerprint density at radius 2 is 1.86 bits per heavy atom. The number of hydrogen-bond donors (Lipinski definition) is 3. The van der Waals surface area contributed by atoms with E-state index in [0.717, 1.165) is 0 Å². The Hall–Kier alpha value is -1.62. The van der Waals surface area contributed by atoms with Gasteiger partial charge in [-0.1, -0.05) is 23.7 Å². The van der Waals surface area contributed by atoms with Gasteiger partial charge in [0.05, 0.1) is 6.10 Å². The standard InChI is InChI=1S/C16H17ClFNO2/c1-10(16(21)11-2-5-14(18)6-3-11)19-9-12-8-13(17)4-7-15(12)20/h2-8,10,16,19-21H,9H2,1H3. The quantitative estimate of drug-likeness (QED) is 0.793. The molecule has 0 aliphatic carbocycles. The van der Waals surface area contributed by atoms with E-state index in [4.69, 9.17) is 11.6 Å².